The van der Waals surface area contributed by atoms with E-state index in [-0.39, 0.29) is 0 Å². The Hall–Kier alpha value is -0.720. The van der Waals surface area contributed by atoms with E-state index in [0.29, 0.717) is 5.41 Å². The second kappa shape index (κ2) is 5.82. The third-order valence-electron chi connectivity index (χ3n) is 6.45. The number of hydrogen-bond acceptors (Lipinski definition) is 1. The van der Waals surface area contributed by atoms with Crippen LogP contribution in [0.4, 0.5) is 0 Å². The van der Waals surface area contributed by atoms with Gasteiger partial charge in [0, 0.05) is 18.8 Å². The van der Waals surface area contributed by atoms with Gasteiger partial charge in [0.2, 0.25) is 0 Å². The molecular weight excluding hydrogens is 254 g/mol. The van der Waals surface area contributed by atoms with Gasteiger partial charge in [-0.2, -0.15) is 0 Å². The van der Waals surface area contributed by atoms with Gasteiger partial charge in [0.05, 0.1) is 0 Å². The average Bonchev–Trinajstić information content (AvgIpc) is 3.36. The Balaban J connectivity index is 1.60. The number of hydrogen-bond donors (Lipinski definition) is 0. The molecule has 3 atom stereocenters. The van der Waals surface area contributed by atoms with Crippen molar-refractivity contribution >= 4 is 0 Å². The molecule has 0 spiro atoms. The fourth-order valence-corrected chi connectivity index (χ4v) is 4.39. The molecule has 0 amide bonds. The zero-order valence-electron chi connectivity index (χ0n) is 14.5. The van der Waals surface area contributed by atoms with Crippen LogP contribution in [0.15, 0.2) is 22.9 Å². The molecule has 0 heterocycles. The van der Waals surface area contributed by atoms with Gasteiger partial charge in [-0.05, 0) is 76.0 Å². The van der Waals surface area contributed by atoms with Crippen molar-refractivity contribution in [3.63, 3.8) is 0 Å². The minimum Gasteiger partial charge on any atom is -0.375 e. The van der Waals surface area contributed by atoms with Crippen molar-refractivity contribution in [1.82, 2.24) is 4.90 Å². The monoisotopic (exact) mass is 287 g/mol. The molecule has 2 fully saturated rings. The third kappa shape index (κ3) is 3.22. The molecule has 3 unspecified atom stereocenters. The Morgan fingerprint density at radius 2 is 2.10 bits per heavy atom. The molecule has 0 N–H and O–H groups in total. The molecule has 0 bridgehead atoms. The van der Waals surface area contributed by atoms with Gasteiger partial charge >= 0.3 is 0 Å². The van der Waals surface area contributed by atoms with E-state index in [4.69, 9.17) is 0 Å². The van der Waals surface area contributed by atoms with Crippen LogP contribution in [0.2, 0.25) is 0 Å². The van der Waals surface area contributed by atoms with Crippen LogP contribution < -0.4 is 0 Å². The lowest BCUT2D eigenvalue weighted by Gasteiger charge is -2.30. The molecule has 2 saturated carbocycles. The molecule has 3 aliphatic carbocycles. The van der Waals surface area contributed by atoms with Crippen molar-refractivity contribution in [2.24, 2.45) is 17.3 Å². The standard InChI is InChI=1S/C20H33N/c1-5-12-21(16(3)17-8-9-17)14-19-13-20(19,4)18-10-6-15(2)7-11-18/h6,18-19H,5,7-14H2,1-4H3. The van der Waals surface area contributed by atoms with E-state index in [1.165, 1.54) is 58.0 Å². The predicted octanol–water partition coefficient (Wildman–Crippen LogP) is 5.54. The van der Waals surface area contributed by atoms with Crippen molar-refractivity contribution < 1.29 is 0 Å². The van der Waals surface area contributed by atoms with Gasteiger partial charge in [0.15, 0.2) is 0 Å². The van der Waals surface area contributed by atoms with Crippen molar-refractivity contribution in [2.45, 2.75) is 72.6 Å². The zero-order chi connectivity index (χ0) is 15.0. The van der Waals surface area contributed by atoms with Gasteiger partial charge in [0.25, 0.3) is 0 Å². The predicted molar refractivity (Wildman–Crippen MR) is 91.1 cm³/mol. The van der Waals surface area contributed by atoms with Gasteiger partial charge in [0.1, 0.15) is 0 Å². The first kappa shape index (κ1) is 15.2. The Kier molecular flexibility index (Phi) is 4.21. The summed E-state index contributed by atoms with van der Waals surface area (Å²) >= 11 is 0. The van der Waals surface area contributed by atoms with Gasteiger partial charge in [-0.3, -0.25) is 0 Å². The second-order valence-corrected chi connectivity index (χ2v) is 8.06. The smallest absolute Gasteiger partial charge is 0.0208 e. The van der Waals surface area contributed by atoms with Crippen LogP contribution in [0, 0.1) is 17.3 Å². The highest BCUT2D eigenvalue weighted by Gasteiger charge is 2.54. The molecule has 1 heteroatoms. The van der Waals surface area contributed by atoms with Crippen LogP contribution in [0.3, 0.4) is 0 Å². The first-order valence-electron chi connectivity index (χ1n) is 9.13. The molecule has 21 heavy (non-hydrogen) atoms. The number of nitrogens with zero attached hydrogens (tertiary/aromatic N) is 1. The summed E-state index contributed by atoms with van der Waals surface area (Å²) in [5.41, 5.74) is 5.60. The first-order chi connectivity index (χ1) is 10.0. The molecule has 1 nitrogen and oxygen atoms in total. The van der Waals surface area contributed by atoms with Crippen LogP contribution >= 0.6 is 0 Å². The summed E-state index contributed by atoms with van der Waals surface area (Å²) in [6.07, 6.45) is 12.1. The van der Waals surface area contributed by atoms with E-state index in [0.717, 1.165) is 11.8 Å². The molecule has 0 saturated heterocycles. The second-order valence-electron chi connectivity index (χ2n) is 8.06. The largest absolute Gasteiger partial charge is 0.375 e. The summed E-state index contributed by atoms with van der Waals surface area (Å²) < 4.78 is 0. The van der Waals surface area contributed by atoms with Crippen molar-refractivity contribution in [3.05, 3.63) is 22.9 Å². The van der Waals surface area contributed by atoms with E-state index in [9.17, 15) is 0 Å². The summed E-state index contributed by atoms with van der Waals surface area (Å²) in [5, 5.41) is 0. The van der Waals surface area contributed by atoms with Crippen LogP contribution in [0.1, 0.15) is 72.6 Å². The van der Waals surface area contributed by atoms with Crippen molar-refractivity contribution in [1.29, 1.82) is 0 Å². The SMILES string of the molecule is CCCN(CC1CC1(C)C1CC=C(C)CC1)C(C)=C1CC1. The third-order valence-corrected chi connectivity index (χ3v) is 6.45. The molecule has 0 aromatic heterocycles. The van der Waals surface area contributed by atoms with E-state index < -0.39 is 0 Å². The van der Waals surface area contributed by atoms with Crippen molar-refractivity contribution in [2.75, 3.05) is 13.1 Å². The van der Waals surface area contributed by atoms with E-state index in [2.05, 4.69) is 38.7 Å². The fraction of sp³-hybridized carbons (Fsp3) is 0.800. The van der Waals surface area contributed by atoms with Crippen LogP contribution in [0.25, 0.3) is 0 Å². The lowest BCUT2D eigenvalue weighted by molar-refractivity contribution is 0.244. The molecule has 0 radical (unpaired) electrons. The quantitative estimate of drug-likeness (QED) is 0.580. The highest BCUT2D eigenvalue weighted by atomic mass is 15.1. The maximum absolute atomic E-state index is 2.71. The van der Waals surface area contributed by atoms with Gasteiger partial charge < -0.3 is 4.90 Å². The molecule has 3 rings (SSSR count). The Morgan fingerprint density at radius 1 is 1.33 bits per heavy atom. The van der Waals surface area contributed by atoms with Gasteiger partial charge in [-0.15, -0.1) is 0 Å². The minimum atomic E-state index is 0.637. The summed E-state index contributed by atoms with van der Waals surface area (Å²) in [7, 11) is 0. The molecule has 0 aromatic rings. The summed E-state index contributed by atoms with van der Waals surface area (Å²) in [5.74, 6) is 1.89. The Labute approximate surface area is 131 Å². The molecule has 3 aliphatic rings. The highest BCUT2D eigenvalue weighted by Crippen LogP contribution is 2.61. The summed E-state index contributed by atoms with van der Waals surface area (Å²) in [6, 6.07) is 0. The Morgan fingerprint density at radius 3 is 2.67 bits per heavy atom. The lowest BCUT2D eigenvalue weighted by Crippen LogP contribution is -2.28. The Bertz CT molecular complexity index is 452. The maximum Gasteiger partial charge on any atom is 0.0208 e. The van der Waals surface area contributed by atoms with Crippen LogP contribution in [-0.2, 0) is 0 Å². The van der Waals surface area contributed by atoms with Crippen molar-refractivity contribution in [3.8, 4) is 0 Å². The molecular formula is C20H33N. The minimum absolute atomic E-state index is 0.637. The number of rotatable bonds is 6. The zero-order valence-corrected chi connectivity index (χ0v) is 14.5. The fourth-order valence-electron chi connectivity index (χ4n) is 4.39. The highest BCUT2D eigenvalue weighted by molar-refractivity contribution is 5.23. The summed E-state index contributed by atoms with van der Waals surface area (Å²) in [4.78, 5) is 2.71. The first-order valence-corrected chi connectivity index (χ1v) is 9.13. The molecule has 0 aromatic carbocycles. The van der Waals surface area contributed by atoms with E-state index in [1.807, 2.05) is 0 Å². The number of allylic oxidation sites excluding steroid dienone is 4. The topological polar surface area (TPSA) is 3.24 Å². The van der Waals surface area contributed by atoms with Crippen LogP contribution in [0.5, 0.6) is 0 Å². The molecule has 0 aliphatic heterocycles. The summed E-state index contributed by atoms with van der Waals surface area (Å²) in [6.45, 7) is 12.1. The van der Waals surface area contributed by atoms with Gasteiger partial charge in [-0.1, -0.05) is 31.1 Å². The van der Waals surface area contributed by atoms with E-state index in [1.54, 1.807) is 16.8 Å². The maximum atomic E-state index is 2.71. The van der Waals surface area contributed by atoms with Crippen LogP contribution in [-0.4, -0.2) is 18.0 Å². The normalized spacial score (nSPS) is 34.5. The van der Waals surface area contributed by atoms with Gasteiger partial charge in [-0.25, -0.2) is 0 Å². The lowest BCUT2D eigenvalue weighted by atomic mass is 9.78. The van der Waals surface area contributed by atoms with E-state index >= 15 is 0 Å². The average molecular weight is 287 g/mol. The molecule has 118 valence electrons.